The Hall–Kier alpha value is -2.24. The number of benzene rings is 1. The smallest absolute Gasteiger partial charge is 0.407 e. The number of fused-ring (bicyclic) bond motifs is 1. The lowest BCUT2D eigenvalue weighted by atomic mass is 9.94. The van der Waals surface area contributed by atoms with Gasteiger partial charge in [-0.3, -0.25) is 4.79 Å². The third kappa shape index (κ3) is 2.73. The Balaban J connectivity index is 1.46. The first-order valence-corrected chi connectivity index (χ1v) is 9.14. The largest absolute Gasteiger partial charge is 0.465 e. The fourth-order valence-electron chi connectivity index (χ4n) is 4.54. The van der Waals surface area contributed by atoms with Crippen LogP contribution in [0.2, 0.25) is 0 Å². The van der Waals surface area contributed by atoms with E-state index < -0.39 is 6.09 Å². The highest BCUT2D eigenvalue weighted by Crippen LogP contribution is 2.59. The lowest BCUT2D eigenvalue weighted by Gasteiger charge is -2.24. The van der Waals surface area contributed by atoms with E-state index in [0.29, 0.717) is 25.4 Å². The molecule has 2 amide bonds. The second-order valence-corrected chi connectivity index (χ2v) is 7.48. The molecule has 25 heavy (non-hydrogen) atoms. The number of anilines is 1. The molecule has 2 atom stereocenters. The molecular weight excluding hydrogens is 318 g/mol. The molecule has 2 heterocycles. The molecule has 1 aromatic carbocycles. The molecule has 1 saturated carbocycles. The summed E-state index contributed by atoms with van der Waals surface area (Å²) in [6.45, 7) is 6.48. The molecule has 0 bridgehead atoms. The Labute approximate surface area is 148 Å². The number of likely N-dealkylation sites (N-methyl/N-ethyl adjacent to an activating group) is 1. The number of carboxylic acid groups (broad SMARTS) is 1. The van der Waals surface area contributed by atoms with Gasteiger partial charge in [0.1, 0.15) is 0 Å². The minimum absolute atomic E-state index is 0.0463. The number of piperidine rings is 1. The highest BCUT2D eigenvalue weighted by atomic mass is 16.4. The fraction of sp³-hybridized carbons (Fsp3) is 0.579. The van der Waals surface area contributed by atoms with Crippen LogP contribution in [0.4, 0.5) is 10.5 Å². The molecule has 2 unspecified atom stereocenters. The zero-order valence-electron chi connectivity index (χ0n) is 14.6. The standard InChI is InChI=1S/C19H25N3O3/c1-2-20-9-10-21(8-7-17(20)23)16-5-3-14(4-6-16)19-11-15(19)12-22(13-19)18(24)25/h3-6,15H,2,7-13H2,1H3,(H,24,25). The number of likely N-dealkylation sites (tertiary alicyclic amines) is 1. The molecule has 1 aliphatic carbocycles. The molecular formula is C19H25N3O3. The minimum Gasteiger partial charge on any atom is -0.465 e. The summed E-state index contributed by atoms with van der Waals surface area (Å²) in [6.07, 6.45) is 0.854. The summed E-state index contributed by atoms with van der Waals surface area (Å²) in [7, 11) is 0. The predicted molar refractivity (Wildman–Crippen MR) is 94.9 cm³/mol. The normalized spacial score (nSPS) is 28.8. The summed E-state index contributed by atoms with van der Waals surface area (Å²) in [4.78, 5) is 29.0. The van der Waals surface area contributed by atoms with Crippen molar-refractivity contribution in [1.29, 1.82) is 0 Å². The second-order valence-electron chi connectivity index (χ2n) is 7.48. The number of hydrogen-bond acceptors (Lipinski definition) is 3. The quantitative estimate of drug-likeness (QED) is 0.912. The first-order valence-electron chi connectivity index (χ1n) is 9.14. The predicted octanol–water partition coefficient (Wildman–Crippen LogP) is 2.00. The molecule has 2 saturated heterocycles. The van der Waals surface area contributed by atoms with Crippen molar-refractivity contribution in [3.8, 4) is 0 Å². The van der Waals surface area contributed by atoms with Crippen molar-refractivity contribution in [3.63, 3.8) is 0 Å². The molecule has 1 N–H and O–H groups in total. The van der Waals surface area contributed by atoms with Crippen LogP contribution >= 0.6 is 0 Å². The highest BCUT2D eigenvalue weighted by molar-refractivity contribution is 5.77. The van der Waals surface area contributed by atoms with Gasteiger partial charge in [-0.25, -0.2) is 4.79 Å². The Bertz CT molecular complexity index is 690. The maximum absolute atomic E-state index is 12.0. The van der Waals surface area contributed by atoms with Gasteiger partial charge in [-0.2, -0.15) is 0 Å². The summed E-state index contributed by atoms with van der Waals surface area (Å²) in [6, 6.07) is 8.58. The number of carbonyl (C=O) groups excluding carboxylic acids is 1. The van der Waals surface area contributed by atoms with Crippen LogP contribution in [0.1, 0.15) is 25.3 Å². The number of nitrogens with zero attached hydrogens (tertiary/aromatic N) is 3. The van der Waals surface area contributed by atoms with E-state index in [0.717, 1.165) is 38.3 Å². The molecule has 2 aliphatic heterocycles. The third-order valence-corrected chi connectivity index (χ3v) is 6.19. The van der Waals surface area contributed by atoms with Crippen molar-refractivity contribution >= 4 is 17.7 Å². The van der Waals surface area contributed by atoms with Gasteiger partial charge in [0.15, 0.2) is 0 Å². The van der Waals surface area contributed by atoms with Crippen LogP contribution in [0.15, 0.2) is 24.3 Å². The molecule has 1 aromatic rings. The molecule has 3 fully saturated rings. The lowest BCUT2D eigenvalue weighted by molar-refractivity contribution is -0.130. The monoisotopic (exact) mass is 343 g/mol. The van der Waals surface area contributed by atoms with Crippen LogP contribution in [-0.4, -0.2) is 66.2 Å². The summed E-state index contributed by atoms with van der Waals surface area (Å²) in [5.41, 5.74) is 2.45. The maximum atomic E-state index is 12.0. The number of amides is 2. The molecule has 3 aliphatic rings. The first-order chi connectivity index (χ1) is 12.0. The summed E-state index contributed by atoms with van der Waals surface area (Å²) >= 11 is 0. The Morgan fingerprint density at radius 1 is 1.24 bits per heavy atom. The Morgan fingerprint density at radius 2 is 2.00 bits per heavy atom. The Morgan fingerprint density at radius 3 is 2.64 bits per heavy atom. The number of carbonyl (C=O) groups is 2. The molecule has 134 valence electrons. The van der Waals surface area contributed by atoms with Gasteiger partial charge in [-0.1, -0.05) is 12.1 Å². The van der Waals surface area contributed by atoms with Gasteiger partial charge >= 0.3 is 6.09 Å². The fourth-order valence-corrected chi connectivity index (χ4v) is 4.54. The Kier molecular flexibility index (Phi) is 3.85. The average Bonchev–Trinajstić information content (AvgIpc) is 3.25. The molecule has 6 nitrogen and oxygen atoms in total. The van der Waals surface area contributed by atoms with E-state index in [-0.39, 0.29) is 11.3 Å². The summed E-state index contributed by atoms with van der Waals surface area (Å²) < 4.78 is 0. The summed E-state index contributed by atoms with van der Waals surface area (Å²) in [5, 5.41) is 9.20. The maximum Gasteiger partial charge on any atom is 0.407 e. The van der Waals surface area contributed by atoms with E-state index in [4.69, 9.17) is 0 Å². The topological polar surface area (TPSA) is 64.1 Å². The van der Waals surface area contributed by atoms with Gasteiger partial charge in [-0.15, -0.1) is 0 Å². The van der Waals surface area contributed by atoms with Crippen LogP contribution in [0.25, 0.3) is 0 Å². The van der Waals surface area contributed by atoms with Gasteiger partial charge in [0.2, 0.25) is 5.91 Å². The van der Waals surface area contributed by atoms with Crippen molar-refractivity contribution in [2.24, 2.45) is 5.92 Å². The molecule has 6 heteroatoms. The summed E-state index contributed by atoms with van der Waals surface area (Å²) in [5.74, 6) is 0.712. The van der Waals surface area contributed by atoms with Crippen molar-refractivity contribution < 1.29 is 14.7 Å². The van der Waals surface area contributed by atoms with E-state index >= 15 is 0 Å². The minimum atomic E-state index is -0.807. The van der Waals surface area contributed by atoms with Crippen LogP contribution in [0.3, 0.4) is 0 Å². The average molecular weight is 343 g/mol. The number of rotatable bonds is 3. The second kappa shape index (κ2) is 5.93. The highest BCUT2D eigenvalue weighted by Gasteiger charge is 2.61. The van der Waals surface area contributed by atoms with E-state index in [1.54, 1.807) is 4.90 Å². The van der Waals surface area contributed by atoms with Crippen LogP contribution in [0.5, 0.6) is 0 Å². The van der Waals surface area contributed by atoms with Crippen molar-refractivity contribution in [2.75, 3.05) is 44.2 Å². The zero-order chi connectivity index (χ0) is 17.6. The van der Waals surface area contributed by atoms with Crippen LogP contribution < -0.4 is 4.90 Å². The molecule has 0 radical (unpaired) electrons. The van der Waals surface area contributed by atoms with E-state index in [9.17, 15) is 14.7 Å². The third-order valence-electron chi connectivity index (χ3n) is 6.19. The molecule has 0 spiro atoms. The van der Waals surface area contributed by atoms with Crippen molar-refractivity contribution in [3.05, 3.63) is 29.8 Å². The SMILES string of the molecule is CCN1CCN(c2ccc(C34CC3CN(C(=O)O)C4)cc2)CCC1=O. The van der Waals surface area contributed by atoms with E-state index in [1.807, 2.05) is 11.8 Å². The number of hydrogen-bond donors (Lipinski definition) is 1. The molecule has 4 rings (SSSR count). The van der Waals surface area contributed by atoms with Crippen molar-refractivity contribution in [1.82, 2.24) is 9.80 Å². The van der Waals surface area contributed by atoms with E-state index in [2.05, 4.69) is 29.2 Å². The van der Waals surface area contributed by atoms with Crippen LogP contribution in [0, 0.1) is 5.92 Å². The first kappa shape index (κ1) is 16.2. The molecule has 0 aromatic heterocycles. The zero-order valence-corrected chi connectivity index (χ0v) is 14.6. The van der Waals surface area contributed by atoms with Gasteiger partial charge in [0, 0.05) is 56.8 Å². The van der Waals surface area contributed by atoms with Gasteiger partial charge in [-0.05, 0) is 37.0 Å². The lowest BCUT2D eigenvalue weighted by Crippen LogP contribution is -2.33. The van der Waals surface area contributed by atoms with E-state index in [1.165, 1.54) is 5.56 Å². The van der Waals surface area contributed by atoms with Gasteiger partial charge in [0.25, 0.3) is 0 Å². The van der Waals surface area contributed by atoms with Gasteiger partial charge < -0.3 is 19.8 Å². The van der Waals surface area contributed by atoms with Gasteiger partial charge in [0.05, 0.1) is 0 Å². The van der Waals surface area contributed by atoms with Crippen molar-refractivity contribution in [2.45, 2.75) is 25.2 Å². The van der Waals surface area contributed by atoms with Crippen LogP contribution in [-0.2, 0) is 10.2 Å².